The topological polar surface area (TPSA) is 355 Å². The molecule has 2 aromatic heterocycles. The maximum absolute atomic E-state index is 14.8. The molecule has 32 heteroatoms. The van der Waals surface area contributed by atoms with Gasteiger partial charge in [0.15, 0.2) is 23.1 Å². The van der Waals surface area contributed by atoms with E-state index in [1.54, 1.807) is 58.9 Å². The number of carbonyl (C=O) groups excluding carboxylic acids is 3. The van der Waals surface area contributed by atoms with Crippen molar-refractivity contribution >= 4 is 34.5 Å². The van der Waals surface area contributed by atoms with E-state index in [9.17, 15) is 68.7 Å². The molecule has 10 rings (SSSR count). The summed E-state index contributed by atoms with van der Waals surface area (Å²) in [6.07, 6.45) is -14.1. The minimum absolute atomic E-state index is 0.0275. The van der Waals surface area contributed by atoms with Crippen LogP contribution < -0.4 is 38.9 Å². The van der Waals surface area contributed by atoms with Crippen molar-refractivity contribution in [1.82, 2.24) is 14.7 Å². The van der Waals surface area contributed by atoms with Crippen LogP contribution >= 0.6 is 0 Å². The summed E-state index contributed by atoms with van der Waals surface area (Å²) in [5.74, 6) is 18.1. The molecule has 0 spiro atoms. The van der Waals surface area contributed by atoms with Crippen LogP contribution in [0.25, 0.3) is 22.5 Å². The molecule has 5 atom stereocenters. The van der Waals surface area contributed by atoms with Crippen LogP contribution in [-0.4, -0.2) is 166 Å². The maximum Gasteiger partial charge on any atom is 0.422 e. The molecule has 4 heterocycles. The molecule has 0 bridgehead atoms. The van der Waals surface area contributed by atoms with E-state index in [1.807, 2.05) is 0 Å². The van der Waals surface area contributed by atoms with Crippen LogP contribution in [0, 0.1) is 59.0 Å². The number of aliphatic hydroxyl groups is 6. The number of nitrogens with zero attached hydrogens (tertiary/aromatic N) is 2. The highest BCUT2D eigenvalue weighted by atomic mass is 32.2. The van der Waals surface area contributed by atoms with E-state index >= 15 is 0 Å². The first-order valence-electron chi connectivity index (χ1n) is 35.1. The Morgan fingerprint density at radius 2 is 0.846 bits per heavy atom. The summed E-state index contributed by atoms with van der Waals surface area (Å²) in [7, 11) is 5.23. The molecule has 0 saturated heterocycles. The van der Waals surface area contributed by atoms with E-state index in [1.165, 1.54) is 108 Å². The number of esters is 1. The van der Waals surface area contributed by atoms with Crippen molar-refractivity contribution in [2.45, 2.75) is 99.7 Å². The number of nitrogens with one attached hydrogen (secondary N) is 1. The van der Waals surface area contributed by atoms with Crippen LogP contribution in [-0.2, 0) is 38.0 Å². The number of Topliss-reactive ketones (excluding diaryl/α,β-unsaturated/α-hetero) is 2. The number of carboxylic acid groups (broad SMARTS) is 1. The number of benzene rings is 6. The Morgan fingerprint density at radius 3 is 1.19 bits per heavy atom. The number of aromatic nitrogens is 2. The lowest BCUT2D eigenvalue weighted by atomic mass is 9.86. The molecule has 0 aliphatic carbocycles. The van der Waals surface area contributed by atoms with E-state index in [4.69, 9.17) is 59.7 Å². The Bertz CT molecular complexity index is 5260. The molecule has 0 saturated carbocycles. The molecule has 8 aromatic rings. The number of hydrogen-bond acceptors (Lipinski definition) is 21. The normalized spacial score (nSPS) is 15.5. The number of aliphatic hydroxyl groups excluding tert-OH is 4. The van der Waals surface area contributed by atoms with Gasteiger partial charge in [0.05, 0.1) is 107 Å². The van der Waals surface area contributed by atoms with Crippen molar-refractivity contribution in [3.63, 3.8) is 0 Å². The van der Waals surface area contributed by atoms with Crippen molar-refractivity contribution in [1.29, 1.82) is 0 Å². The highest BCUT2D eigenvalue weighted by molar-refractivity contribution is 7.84. The van der Waals surface area contributed by atoms with E-state index in [2.05, 4.69) is 66.8 Å². The molecule has 0 amide bonds. The molecule has 618 valence electrons. The first-order chi connectivity index (χ1) is 55.1. The lowest BCUT2D eigenvalue weighted by Gasteiger charge is -2.32. The fourth-order valence-corrected chi connectivity index (χ4v) is 12.3. The zero-order valence-corrected chi connectivity index (χ0v) is 65.5. The van der Waals surface area contributed by atoms with E-state index in [-0.39, 0.29) is 99.8 Å². The van der Waals surface area contributed by atoms with Crippen LogP contribution in [0.3, 0.4) is 0 Å². The number of fused-ring (bicyclic) bond motifs is 2. The summed E-state index contributed by atoms with van der Waals surface area (Å²) in [5.41, 5.74) is -1.65. The largest absolute Gasteiger partial charge is 0.495 e. The van der Waals surface area contributed by atoms with Crippen molar-refractivity contribution < 1.29 is 127 Å². The second-order valence-electron chi connectivity index (χ2n) is 27.1. The number of rotatable bonds is 20. The van der Waals surface area contributed by atoms with Gasteiger partial charge in [-0.15, -0.1) is 0 Å². The first-order valence-corrected chi connectivity index (χ1v) is 36.3. The van der Waals surface area contributed by atoms with Gasteiger partial charge in [0.1, 0.15) is 85.7 Å². The fraction of sp³-hybridized carbons (Fsp3) is 0.318. The Hall–Kier alpha value is -11.8. The molecule has 6 aromatic carbocycles. The number of ketones is 2. The van der Waals surface area contributed by atoms with Crippen LogP contribution in [0.15, 0.2) is 133 Å². The summed E-state index contributed by atoms with van der Waals surface area (Å²) in [5, 5.41) is 66.2. The monoisotopic (exact) mass is 1650 g/mol. The zero-order chi connectivity index (χ0) is 86.6. The molecular formula is C85H82F8N4O19S. The Labute approximate surface area is 670 Å². The summed E-state index contributed by atoms with van der Waals surface area (Å²) >= 11 is 0. The van der Waals surface area contributed by atoms with Crippen molar-refractivity contribution in [2.24, 2.45) is 5.73 Å². The van der Waals surface area contributed by atoms with E-state index < -0.39 is 136 Å². The highest BCUT2D eigenvalue weighted by Crippen LogP contribution is 2.51. The quantitative estimate of drug-likeness (QED) is 0.0148. The third-order valence-corrected chi connectivity index (χ3v) is 19.6. The highest BCUT2D eigenvalue weighted by Gasteiger charge is 2.58. The number of aromatic carboxylic acids is 1. The van der Waals surface area contributed by atoms with Crippen LogP contribution in [0.2, 0.25) is 0 Å². The van der Waals surface area contributed by atoms with Gasteiger partial charge in [0.25, 0.3) is 0 Å². The van der Waals surface area contributed by atoms with Gasteiger partial charge in [0.2, 0.25) is 11.2 Å². The third kappa shape index (κ3) is 22.7. The van der Waals surface area contributed by atoms with Gasteiger partial charge >= 0.3 is 24.3 Å². The predicted molar refractivity (Wildman–Crippen MR) is 413 cm³/mol. The number of alkyl halides is 6. The molecule has 0 fully saturated rings. The standard InChI is InChI=1S/C33H34F4N2O6S.C29H26F4N2O5.C12H12O4.C11H10O4/c1-30(2,3)46(43)39-31(4)19-45-29-24(31)18-27(38-28(29)21-10-12-23(34)13-11-21)32(42,33(35,36)37)15-14-25(41)22-9-8-20(7-6-16-40)26(17-22)44-5;1-27(34)16-40-26-21(27)15-24(35-25(26)18-7-9-20(30)10-8-18)28(38,29(31,32)33)12-11-22(37)19-6-5-17(4-3-13-36)23(14-19)39-2;1-15-11-8-10(12(14)16-2)6-5-9(11)4-3-7-13;1-15-10-7-9(11(13)14)5-4-8(10)3-2-6-12/h8-13,17-18,39-40,42H,14-16,19H2,1-5H3;5-10,14-15,36,38H,11-13,16,34H2,1-2H3;5-6,8,13H,7H2,1-2H3;4-5,7,12H,6H2,1H3,(H,13,14). The Balaban J connectivity index is 0.000000239. The number of methoxy groups -OCH3 is 5. The van der Waals surface area contributed by atoms with E-state index in [0.29, 0.717) is 39.3 Å². The van der Waals surface area contributed by atoms with Crippen LogP contribution in [0.1, 0.15) is 147 Å². The number of carboxylic acids is 1. The van der Waals surface area contributed by atoms with Gasteiger partial charge < -0.3 is 74.6 Å². The van der Waals surface area contributed by atoms with Gasteiger partial charge in [-0.2, -0.15) is 26.3 Å². The fourth-order valence-electron chi connectivity index (χ4n) is 11.4. The molecular weight excluding hydrogens is 1560 g/mol. The molecule has 2 aliphatic rings. The molecule has 2 aliphatic heterocycles. The van der Waals surface area contributed by atoms with Gasteiger partial charge in [0, 0.05) is 46.2 Å². The number of hydrogen-bond donors (Lipinski definition) is 9. The number of nitrogens with two attached hydrogens (primary N) is 1. The summed E-state index contributed by atoms with van der Waals surface area (Å²) < 4.78 is 167. The molecule has 0 radical (unpaired) electrons. The average molecular weight is 1650 g/mol. The van der Waals surface area contributed by atoms with Crippen LogP contribution in [0.5, 0.6) is 34.5 Å². The Kier molecular flexibility index (Phi) is 31.3. The van der Waals surface area contributed by atoms with Crippen LogP contribution in [0.4, 0.5) is 35.1 Å². The van der Waals surface area contributed by atoms with Crippen molar-refractivity contribution in [3.05, 3.63) is 212 Å². The zero-order valence-electron chi connectivity index (χ0n) is 64.7. The van der Waals surface area contributed by atoms with Gasteiger partial charge in [-0.25, -0.2) is 37.3 Å². The van der Waals surface area contributed by atoms with Gasteiger partial charge in [-0.05, 0) is 181 Å². The lowest BCUT2D eigenvalue weighted by Crippen LogP contribution is -2.47. The lowest BCUT2D eigenvalue weighted by molar-refractivity contribution is -0.270. The minimum atomic E-state index is -5.28. The van der Waals surface area contributed by atoms with E-state index in [0.717, 1.165) is 36.4 Å². The summed E-state index contributed by atoms with van der Waals surface area (Å²) in [6, 6.07) is 29.3. The summed E-state index contributed by atoms with van der Waals surface area (Å²) in [6.45, 7) is 6.91. The van der Waals surface area contributed by atoms with Gasteiger partial charge in [-0.3, -0.25) is 9.59 Å². The predicted octanol–water partition coefficient (Wildman–Crippen LogP) is 11.1. The second-order valence-corrected chi connectivity index (χ2v) is 29.1. The smallest absolute Gasteiger partial charge is 0.422 e. The SMILES string of the molecule is COC(=O)c1ccc(C#CCO)c(OC)c1.COc1cc(C(=O)CCC(O)(c2cc3c(c(-c4ccc(F)cc4)n2)OCC3(C)N)C(F)(F)F)ccc1C#CCO.COc1cc(C(=O)CCC(O)(c2cc3c(c(-c4ccc(F)cc4)n2)OCC3(C)NS(=O)C(C)(C)C)C(F)(F)F)ccc1C#CCO.COc1cc(C(=O)O)ccc1C#CCO. The first kappa shape index (κ1) is 92.4. The maximum atomic E-state index is 14.8. The number of ether oxygens (including phenoxy) is 7. The van der Waals surface area contributed by atoms with Crippen molar-refractivity contribution in [3.8, 4) is 104 Å². The van der Waals surface area contributed by atoms with Crippen molar-refractivity contribution in [2.75, 3.05) is 75.2 Å². The third-order valence-electron chi connectivity index (χ3n) is 17.8. The Morgan fingerprint density at radius 1 is 0.513 bits per heavy atom. The summed E-state index contributed by atoms with van der Waals surface area (Å²) in [4.78, 5) is 56.3. The molecule has 5 unspecified atom stereocenters. The molecule has 10 N–H and O–H groups in total. The molecule has 117 heavy (non-hydrogen) atoms. The van der Waals surface area contributed by atoms with Gasteiger partial charge in [-0.1, -0.05) is 47.4 Å². The number of halogens is 8. The number of carbonyl (C=O) groups is 4. The second kappa shape index (κ2) is 39.7. The molecule has 23 nitrogen and oxygen atoms in total. The number of pyridine rings is 2. The minimum Gasteiger partial charge on any atom is -0.495 e. The average Bonchev–Trinajstić information content (AvgIpc) is 1.63.